The first-order valence-electron chi connectivity index (χ1n) is 13.7. The maximum Gasteiger partial charge on any atom is 0.420 e. The van der Waals surface area contributed by atoms with Crippen LogP contribution in [0.2, 0.25) is 0 Å². The van der Waals surface area contributed by atoms with E-state index < -0.39 is 29.7 Å². The fraction of sp³-hybridized carbons (Fsp3) is 0.290. The van der Waals surface area contributed by atoms with Crippen LogP contribution in [0.15, 0.2) is 65.4 Å². The van der Waals surface area contributed by atoms with Crippen molar-refractivity contribution in [3.63, 3.8) is 0 Å². The lowest BCUT2D eigenvalue weighted by atomic mass is 9.96. The predicted octanol–water partition coefficient (Wildman–Crippen LogP) is 7.12. The number of hydrogen-bond acceptors (Lipinski definition) is 6. The number of alkyl halides is 6. The first-order valence-corrected chi connectivity index (χ1v) is 13.7. The molecule has 2 N–H and O–H groups in total. The van der Waals surface area contributed by atoms with E-state index in [1.54, 1.807) is 18.2 Å². The van der Waals surface area contributed by atoms with Crippen molar-refractivity contribution in [3.05, 3.63) is 83.4 Å². The number of amides is 1. The molecule has 4 aromatic rings. The van der Waals surface area contributed by atoms with Crippen molar-refractivity contribution >= 4 is 34.6 Å². The summed E-state index contributed by atoms with van der Waals surface area (Å²) in [5, 5.41) is 0.162. The number of pyridine rings is 2. The Morgan fingerprint density at radius 2 is 1.73 bits per heavy atom. The second-order valence-corrected chi connectivity index (χ2v) is 10.5. The zero-order chi connectivity index (χ0) is 31.6. The number of benzene rings is 1. The van der Waals surface area contributed by atoms with Crippen LogP contribution in [0, 0.1) is 5.92 Å². The second-order valence-electron chi connectivity index (χ2n) is 10.5. The summed E-state index contributed by atoms with van der Waals surface area (Å²) in [6.45, 7) is -0.109. The Hall–Kier alpha value is -4.68. The van der Waals surface area contributed by atoms with E-state index in [0.29, 0.717) is 11.4 Å². The molecular weight excluding hydrogens is 590 g/mol. The number of allylic oxidation sites excluding steroid dienone is 1. The van der Waals surface area contributed by atoms with Gasteiger partial charge in [0.25, 0.3) is 5.91 Å². The summed E-state index contributed by atoms with van der Waals surface area (Å²) >= 11 is 0. The van der Waals surface area contributed by atoms with Crippen LogP contribution in [0.1, 0.15) is 46.5 Å². The number of hydrogen-bond donors (Lipinski definition) is 1. The van der Waals surface area contributed by atoms with E-state index in [4.69, 9.17) is 10.2 Å². The molecule has 0 bridgehead atoms. The lowest BCUT2D eigenvalue weighted by molar-refractivity contribution is -0.183. The Morgan fingerprint density at radius 1 is 0.977 bits per heavy atom. The number of piperidine rings is 1. The molecule has 0 spiro atoms. The summed E-state index contributed by atoms with van der Waals surface area (Å²) in [6.07, 6.45) is -3.78. The Labute approximate surface area is 247 Å². The molecule has 230 valence electrons. The first-order chi connectivity index (χ1) is 20.8. The average Bonchev–Trinajstić information content (AvgIpc) is 3.41. The van der Waals surface area contributed by atoms with Gasteiger partial charge in [0.1, 0.15) is 17.2 Å². The highest BCUT2D eigenvalue weighted by Gasteiger charge is 2.42. The van der Waals surface area contributed by atoms with E-state index in [0.717, 1.165) is 6.07 Å². The maximum atomic E-state index is 14.0. The number of rotatable bonds is 7. The fourth-order valence-corrected chi connectivity index (χ4v) is 5.01. The molecule has 1 aliphatic heterocycles. The van der Waals surface area contributed by atoms with Crippen molar-refractivity contribution in [3.8, 4) is 11.3 Å². The number of likely N-dealkylation sites (tertiary alicyclic amines) is 1. The molecule has 1 aromatic carbocycles. The van der Waals surface area contributed by atoms with Crippen LogP contribution in [0.4, 0.5) is 32.2 Å². The summed E-state index contributed by atoms with van der Waals surface area (Å²) in [4.78, 5) is 34.6. The summed E-state index contributed by atoms with van der Waals surface area (Å²) in [7, 11) is 0. The highest BCUT2D eigenvalue weighted by molar-refractivity contribution is 5.95. The molecule has 1 fully saturated rings. The van der Waals surface area contributed by atoms with E-state index in [1.807, 2.05) is 0 Å². The fourth-order valence-electron chi connectivity index (χ4n) is 5.01. The number of ketones is 1. The number of halogens is 6. The zero-order valence-electron chi connectivity index (χ0n) is 23.1. The van der Waals surface area contributed by atoms with Crippen molar-refractivity contribution in [1.29, 1.82) is 0 Å². The van der Waals surface area contributed by atoms with Crippen molar-refractivity contribution in [2.75, 3.05) is 18.8 Å². The predicted molar refractivity (Wildman–Crippen MR) is 150 cm³/mol. The van der Waals surface area contributed by atoms with Crippen LogP contribution >= 0.6 is 0 Å². The van der Waals surface area contributed by atoms with E-state index in [-0.39, 0.29) is 78.1 Å². The van der Waals surface area contributed by atoms with Crippen LogP contribution in [0.5, 0.6) is 0 Å². The number of fused-ring (bicyclic) bond motifs is 1. The molecule has 0 saturated carbocycles. The van der Waals surface area contributed by atoms with Gasteiger partial charge in [0.05, 0.1) is 22.7 Å². The quantitative estimate of drug-likeness (QED) is 0.175. The van der Waals surface area contributed by atoms with Gasteiger partial charge in [-0.15, -0.1) is 0 Å². The molecule has 13 heteroatoms. The third kappa shape index (κ3) is 7.09. The lowest BCUT2D eigenvalue weighted by Gasteiger charge is -2.32. The molecule has 44 heavy (non-hydrogen) atoms. The number of nitrogens with two attached hydrogens (primary N) is 1. The van der Waals surface area contributed by atoms with Gasteiger partial charge in [-0.2, -0.15) is 26.3 Å². The normalized spacial score (nSPS) is 14.9. The van der Waals surface area contributed by atoms with Crippen LogP contribution in [0.25, 0.3) is 28.3 Å². The van der Waals surface area contributed by atoms with Gasteiger partial charge < -0.3 is 15.1 Å². The Kier molecular flexibility index (Phi) is 8.49. The number of aryl methyl sites for hydroxylation is 1. The van der Waals surface area contributed by atoms with Gasteiger partial charge in [0, 0.05) is 49.3 Å². The van der Waals surface area contributed by atoms with Gasteiger partial charge in [-0.25, -0.2) is 4.98 Å². The molecule has 1 aliphatic rings. The topological polar surface area (TPSA) is 102 Å². The number of nitrogens with zero attached hydrogens (tertiary/aromatic N) is 3. The van der Waals surface area contributed by atoms with Crippen LogP contribution in [0.3, 0.4) is 0 Å². The van der Waals surface area contributed by atoms with Crippen LogP contribution < -0.4 is 5.73 Å². The van der Waals surface area contributed by atoms with Crippen LogP contribution in [-0.2, 0) is 17.4 Å². The van der Waals surface area contributed by atoms with Crippen molar-refractivity contribution in [2.45, 2.75) is 38.0 Å². The summed E-state index contributed by atoms with van der Waals surface area (Å²) < 4.78 is 86.4. The van der Waals surface area contributed by atoms with Crippen molar-refractivity contribution in [2.24, 2.45) is 5.92 Å². The number of anilines is 1. The third-order valence-electron chi connectivity index (χ3n) is 7.41. The van der Waals surface area contributed by atoms with Gasteiger partial charge in [0.15, 0.2) is 5.78 Å². The smallest absolute Gasteiger partial charge is 0.420 e. The highest BCUT2D eigenvalue weighted by atomic mass is 19.4. The minimum absolute atomic E-state index is 0.00213. The lowest BCUT2D eigenvalue weighted by Crippen LogP contribution is -2.42. The third-order valence-corrected chi connectivity index (χ3v) is 7.41. The summed E-state index contributed by atoms with van der Waals surface area (Å²) in [5.41, 5.74) is 5.20. The molecule has 4 heterocycles. The van der Waals surface area contributed by atoms with E-state index in [9.17, 15) is 35.9 Å². The van der Waals surface area contributed by atoms with Gasteiger partial charge in [-0.3, -0.25) is 14.6 Å². The Balaban J connectivity index is 1.31. The maximum absolute atomic E-state index is 14.0. The molecule has 0 unspecified atom stereocenters. The average molecular weight is 617 g/mol. The first kappa shape index (κ1) is 30.8. The molecule has 7 nitrogen and oxygen atoms in total. The molecule has 0 aliphatic carbocycles. The largest absolute Gasteiger partial charge is 0.460 e. The van der Waals surface area contributed by atoms with Gasteiger partial charge in [-0.1, -0.05) is 0 Å². The minimum Gasteiger partial charge on any atom is -0.460 e. The van der Waals surface area contributed by atoms with Gasteiger partial charge >= 0.3 is 12.4 Å². The van der Waals surface area contributed by atoms with Crippen LogP contribution in [-0.4, -0.2) is 45.8 Å². The van der Waals surface area contributed by atoms with Gasteiger partial charge in [0.2, 0.25) is 0 Å². The highest BCUT2D eigenvalue weighted by Crippen LogP contribution is 2.39. The molecule has 0 radical (unpaired) electrons. The van der Waals surface area contributed by atoms with E-state index >= 15 is 0 Å². The summed E-state index contributed by atoms with van der Waals surface area (Å²) in [5.74, 6) is -1.68. The Bertz CT molecular complexity index is 1690. The SMILES string of the molecule is Nc1ccc(/C=C/C(=O)CCc2cc3cc(-c4ccc(C(=O)N5CCC(C(F)(F)F)CC5)cn4)cc(C(F)(F)F)c3o2)cn1. The minimum atomic E-state index is -4.76. The molecule has 1 amide bonds. The second kappa shape index (κ2) is 12.1. The number of aromatic nitrogens is 2. The monoisotopic (exact) mass is 616 g/mol. The number of nitrogen functional groups attached to an aromatic ring is 1. The van der Waals surface area contributed by atoms with Crippen molar-refractivity contribution in [1.82, 2.24) is 14.9 Å². The van der Waals surface area contributed by atoms with Crippen molar-refractivity contribution < 1.29 is 40.3 Å². The van der Waals surface area contributed by atoms with E-state index in [1.165, 1.54) is 47.6 Å². The number of carbonyl (C=O) groups excluding carboxylic acids is 2. The summed E-state index contributed by atoms with van der Waals surface area (Å²) in [6, 6.07) is 9.86. The Morgan fingerprint density at radius 3 is 2.34 bits per heavy atom. The number of furan rings is 1. The van der Waals surface area contributed by atoms with E-state index in [2.05, 4.69) is 9.97 Å². The molecule has 3 aromatic heterocycles. The molecule has 5 rings (SSSR count). The zero-order valence-corrected chi connectivity index (χ0v) is 23.1. The molecular formula is C31H26F6N4O3. The molecule has 0 atom stereocenters. The molecule has 1 saturated heterocycles. The van der Waals surface area contributed by atoms with Gasteiger partial charge in [-0.05, 0) is 73.0 Å². The standard InChI is InChI=1S/C31H26F6N4O3/c32-30(33,34)22-9-11-41(12-10-22)29(43)19-3-7-26(39-17-19)20-13-21-14-24(44-28(21)25(15-20)31(35,36)37)6-5-23(42)4-1-18-2-8-27(38)40-16-18/h1-4,7-8,13-17,22H,5-6,9-12H2,(H2,38,40)/b4-1+. The number of carbonyl (C=O) groups is 2.